The number of aryl methyl sites for hydroxylation is 1. The molecule has 7 nitrogen and oxygen atoms in total. The number of hydrogen-bond donors (Lipinski definition) is 3. The molecule has 0 saturated carbocycles. The lowest BCUT2D eigenvalue weighted by Gasteiger charge is -1.99. The fraction of sp³-hybridized carbons (Fsp3) is 0.167. The fourth-order valence-electron chi connectivity index (χ4n) is 1.46. The van der Waals surface area contributed by atoms with Gasteiger partial charge >= 0.3 is 0 Å². The zero-order valence-electron chi connectivity index (χ0n) is 10.2. The molecule has 0 amide bonds. The first-order chi connectivity index (χ1) is 9.04. The Morgan fingerprint density at radius 3 is 2.74 bits per heavy atom. The molecule has 1 aromatic heterocycles. The minimum Gasteiger partial charge on any atom is -0.504 e. The Kier molecular flexibility index (Phi) is 3.56. The zero-order valence-corrected chi connectivity index (χ0v) is 10.2. The Balaban J connectivity index is 2.11. The third-order valence-corrected chi connectivity index (χ3v) is 2.32. The van der Waals surface area contributed by atoms with Crippen LogP contribution in [0.15, 0.2) is 39.3 Å². The van der Waals surface area contributed by atoms with Crippen LogP contribution in [0.1, 0.15) is 11.3 Å². The van der Waals surface area contributed by atoms with E-state index in [2.05, 4.69) is 20.2 Å². The highest BCUT2D eigenvalue weighted by atomic mass is 16.3. The van der Waals surface area contributed by atoms with Crippen LogP contribution in [0, 0.1) is 6.92 Å². The lowest BCUT2D eigenvalue weighted by atomic mass is 10.2. The molecule has 0 aliphatic rings. The molecule has 0 spiro atoms. The Bertz CT molecular complexity index is 679. The van der Waals surface area contributed by atoms with Crippen molar-refractivity contribution >= 4 is 5.95 Å². The molecule has 2 rings (SSSR count). The minimum absolute atomic E-state index is 0.132. The maximum absolute atomic E-state index is 11.2. The van der Waals surface area contributed by atoms with Crippen molar-refractivity contribution in [1.82, 2.24) is 9.97 Å². The molecule has 0 saturated heterocycles. The van der Waals surface area contributed by atoms with Crippen LogP contribution < -0.4 is 5.56 Å². The summed E-state index contributed by atoms with van der Waals surface area (Å²) in [6.45, 7) is 1.89. The number of rotatable bonds is 3. The van der Waals surface area contributed by atoms with Crippen LogP contribution in [0.25, 0.3) is 0 Å². The van der Waals surface area contributed by atoms with Gasteiger partial charge in [-0.3, -0.25) is 9.78 Å². The first-order valence-corrected chi connectivity index (χ1v) is 5.51. The van der Waals surface area contributed by atoms with Gasteiger partial charge in [0, 0.05) is 11.8 Å². The molecule has 1 aromatic carbocycles. The van der Waals surface area contributed by atoms with Crippen molar-refractivity contribution in [2.45, 2.75) is 13.5 Å². The number of phenolic OH excluding ortho intramolecular Hbond substituents is 2. The first kappa shape index (κ1) is 12.7. The summed E-state index contributed by atoms with van der Waals surface area (Å²) in [5.41, 5.74) is 0.942. The van der Waals surface area contributed by atoms with E-state index in [1.807, 2.05) is 0 Å². The Morgan fingerprint density at radius 1 is 1.26 bits per heavy atom. The summed E-state index contributed by atoms with van der Waals surface area (Å²) in [7, 11) is 0. The molecular formula is C12H12N4O3. The summed E-state index contributed by atoms with van der Waals surface area (Å²) in [6.07, 6.45) is 0. The van der Waals surface area contributed by atoms with Gasteiger partial charge in [0.1, 0.15) is 0 Å². The molecule has 7 heteroatoms. The summed E-state index contributed by atoms with van der Waals surface area (Å²) >= 11 is 0. The van der Waals surface area contributed by atoms with Crippen LogP contribution in [-0.4, -0.2) is 20.2 Å². The normalized spacial score (nSPS) is 11.0. The summed E-state index contributed by atoms with van der Waals surface area (Å²) in [6, 6.07) is 5.73. The van der Waals surface area contributed by atoms with Crippen molar-refractivity contribution in [1.29, 1.82) is 0 Å². The van der Waals surface area contributed by atoms with E-state index >= 15 is 0 Å². The number of phenols is 2. The van der Waals surface area contributed by atoms with Gasteiger partial charge in [-0.25, -0.2) is 4.98 Å². The molecule has 98 valence electrons. The molecule has 0 aliphatic carbocycles. The Morgan fingerprint density at radius 2 is 2.05 bits per heavy atom. The van der Waals surface area contributed by atoms with Crippen molar-refractivity contribution in [2.24, 2.45) is 10.2 Å². The Hall–Kier alpha value is -2.70. The molecular weight excluding hydrogens is 248 g/mol. The molecule has 1 heterocycles. The highest BCUT2D eigenvalue weighted by Crippen LogP contribution is 2.25. The van der Waals surface area contributed by atoms with Crippen molar-refractivity contribution in [2.75, 3.05) is 0 Å². The number of hydrogen-bond acceptors (Lipinski definition) is 6. The lowest BCUT2D eigenvalue weighted by molar-refractivity contribution is 0.403. The summed E-state index contributed by atoms with van der Waals surface area (Å²) in [5, 5.41) is 26.1. The average molecular weight is 260 g/mol. The zero-order chi connectivity index (χ0) is 13.8. The van der Waals surface area contributed by atoms with Crippen molar-refractivity contribution in [3.05, 3.63) is 45.9 Å². The topological polar surface area (TPSA) is 111 Å². The van der Waals surface area contributed by atoms with E-state index in [1.165, 1.54) is 18.2 Å². The summed E-state index contributed by atoms with van der Waals surface area (Å²) in [4.78, 5) is 17.6. The maximum atomic E-state index is 11.2. The highest BCUT2D eigenvalue weighted by molar-refractivity contribution is 5.40. The van der Waals surface area contributed by atoms with Gasteiger partial charge in [0.15, 0.2) is 11.5 Å². The van der Waals surface area contributed by atoms with E-state index in [0.717, 1.165) is 0 Å². The SMILES string of the molecule is Cc1cc(=O)[nH]c(N=NCc2ccc(O)c(O)c2)n1. The van der Waals surface area contributed by atoms with Crippen LogP contribution in [0.4, 0.5) is 5.95 Å². The molecule has 0 unspecified atom stereocenters. The van der Waals surface area contributed by atoms with Gasteiger partial charge in [-0.15, -0.1) is 5.11 Å². The number of nitrogens with zero attached hydrogens (tertiary/aromatic N) is 3. The van der Waals surface area contributed by atoms with E-state index in [-0.39, 0.29) is 29.6 Å². The lowest BCUT2D eigenvalue weighted by Crippen LogP contribution is -2.05. The molecule has 0 radical (unpaired) electrons. The number of benzene rings is 1. The van der Waals surface area contributed by atoms with Crippen LogP contribution in [0.5, 0.6) is 11.5 Å². The van der Waals surface area contributed by atoms with E-state index < -0.39 is 0 Å². The minimum atomic E-state index is -0.288. The van der Waals surface area contributed by atoms with Crippen molar-refractivity contribution in [3.63, 3.8) is 0 Å². The van der Waals surface area contributed by atoms with E-state index in [1.54, 1.807) is 13.0 Å². The van der Waals surface area contributed by atoms with Gasteiger partial charge in [-0.2, -0.15) is 5.11 Å². The number of aromatic nitrogens is 2. The van der Waals surface area contributed by atoms with Crippen LogP contribution >= 0.6 is 0 Å². The highest BCUT2D eigenvalue weighted by Gasteiger charge is 2.00. The first-order valence-electron chi connectivity index (χ1n) is 5.51. The fourth-order valence-corrected chi connectivity index (χ4v) is 1.46. The third-order valence-electron chi connectivity index (χ3n) is 2.32. The van der Waals surface area contributed by atoms with Gasteiger partial charge < -0.3 is 10.2 Å². The smallest absolute Gasteiger partial charge is 0.252 e. The Labute approximate surface area is 108 Å². The number of azo groups is 1. The van der Waals surface area contributed by atoms with Gasteiger partial charge in [-0.1, -0.05) is 6.07 Å². The number of nitrogens with one attached hydrogen (secondary N) is 1. The van der Waals surface area contributed by atoms with E-state index in [0.29, 0.717) is 11.3 Å². The second-order valence-electron chi connectivity index (χ2n) is 3.93. The quantitative estimate of drug-likeness (QED) is 0.576. The predicted octanol–water partition coefficient (Wildman–Crippen LogP) is 1.77. The number of aromatic hydroxyl groups is 2. The molecule has 0 atom stereocenters. The van der Waals surface area contributed by atoms with Gasteiger partial charge in [-0.05, 0) is 24.6 Å². The second kappa shape index (κ2) is 5.30. The largest absolute Gasteiger partial charge is 0.504 e. The van der Waals surface area contributed by atoms with Gasteiger partial charge in [0.05, 0.1) is 6.54 Å². The second-order valence-corrected chi connectivity index (χ2v) is 3.93. The molecule has 19 heavy (non-hydrogen) atoms. The summed E-state index contributed by atoms with van der Waals surface area (Å²) < 4.78 is 0. The monoisotopic (exact) mass is 260 g/mol. The molecule has 2 aromatic rings. The van der Waals surface area contributed by atoms with Crippen molar-refractivity contribution < 1.29 is 10.2 Å². The number of aromatic amines is 1. The molecule has 0 aliphatic heterocycles. The van der Waals surface area contributed by atoms with E-state index in [4.69, 9.17) is 5.11 Å². The van der Waals surface area contributed by atoms with E-state index in [9.17, 15) is 9.90 Å². The van der Waals surface area contributed by atoms with Crippen molar-refractivity contribution in [3.8, 4) is 11.5 Å². The van der Waals surface area contributed by atoms with Crippen LogP contribution in [-0.2, 0) is 6.54 Å². The van der Waals surface area contributed by atoms with Gasteiger partial charge in [0.2, 0.25) is 5.95 Å². The van der Waals surface area contributed by atoms with Crippen LogP contribution in [0.2, 0.25) is 0 Å². The average Bonchev–Trinajstić information content (AvgIpc) is 2.32. The predicted molar refractivity (Wildman–Crippen MR) is 67.6 cm³/mol. The molecule has 0 bridgehead atoms. The van der Waals surface area contributed by atoms with Gasteiger partial charge in [0.25, 0.3) is 5.56 Å². The third kappa shape index (κ3) is 3.38. The summed E-state index contributed by atoms with van der Waals surface area (Å²) in [5.74, 6) is -0.270. The molecule has 0 fully saturated rings. The standard InChI is InChI=1S/C12H12N4O3/c1-7-4-11(19)15-12(14-7)16-13-6-8-2-3-9(17)10(18)5-8/h2-5,17-18H,6H2,1H3,(H,14,15,19). The molecule has 3 N–H and O–H groups in total. The number of H-pyrrole nitrogens is 1. The van der Waals surface area contributed by atoms with Crippen LogP contribution in [0.3, 0.4) is 0 Å². The maximum Gasteiger partial charge on any atom is 0.252 e.